The van der Waals surface area contributed by atoms with Gasteiger partial charge in [0.2, 0.25) is 5.95 Å². The summed E-state index contributed by atoms with van der Waals surface area (Å²) in [4.78, 5) is 24.8. The molecule has 2 heterocycles. The van der Waals surface area contributed by atoms with Crippen LogP contribution in [0.25, 0.3) is 0 Å². The molecule has 22 heavy (non-hydrogen) atoms. The Hall–Kier alpha value is -2.50. The average molecular weight is 299 g/mol. The Labute approximate surface area is 130 Å². The van der Waals surface area contributed by atoms with Gasteiger partial charge in [0.1, 0.15) is 5.69 Å². The summed E-state index contributed by atoms with van der Waals surface area (Å²) >= 11 is 0. The Morgan fingerprint density at radius 3 is 2.68 bits per heavy atom. The lowest BCUT2D eigenvalue weighted by Crippen LogP contribution is -2.25. The van der Waals surface area contributed by atoms with E-state index in [1.165, 1.54) is 0 Å². The van der Waals surface area contributed by atoms with Crippen molar-refractivity contribution in [2.45, 2.75) is 39.8 Å². The first-order chi connectivity index (χ1) is 10.6. The number of aryl methyl sites for hydroxylation is 1. The van der Waals surface area contributed by atoms with Gasteiger partial charge in [-0.05, 0) is 44.0 Å². The van der Waals surface area contributed by atoms with Crippen LogP contribution in [0.1, 0.15) is 42.0 Å². The summed E-state index contributed by atoms with van der Waals surface area (Å²) in [6.07, 6.45) is 4.36. The van der Waals surface area contributed by atoms with Crippen molar-refractivity contribution >= 4 is 11.9 Å². The third-order valence-corrected chi connectivity index (χ3v) is 3.28. The summed E-state index contributed by atoms with van der Waals surface area (Å²) in [7, 11) is 0. The molecule has 116 valence electrons. The summed E-state index contributed by atoms with van der Waals surface area (Å²) in [5.74, 6) is 0.276. The normalized spacial score (nSPS) is 11.8. The monoisotopic (exact) mass is 299 g/mol. The fourth-order valence-corrected chi connectivity index (χ4v) is 1.85. The highest BCUT2D eigenvalue weighted by atomic mass is 16.1. The zero-order valence-electron chi connectivity index (χ0n) is 13.1. The standard InChI is InChI=1S/C16H21N5O/c1-4-11(2)19-16-20-12(3)9-14(21-16)15(22)18-10-13-5-7-17-8-6-13/h5-9,11H,4,10H2,1-3H3,(H,18,22)(H,19,20,21). The van der Waals surface area contributed by atoms with Gasteiger partial charge in [-0.1, -0.05) is 6.92 Å². The van der Waals surface area contributed by atoms with Gasteiger partial charge in [0, 0.05) is 30.7 Å². The molecule has 0 fully saturated rings. The number of carbonyl (C=O) groups is 1. The Morgan fingerprint density at radius 2 is 2.00 bits per heavy atom. The number of hydrogen-bond donors (Lipinski definition) is 2. The van der Waals surface area contributed by atoms with Gasteiger partial charge in [-0.3, -0.25) is 9.78 Å². The maximum Gasteiger partial charge on any atom is 0.270 e. The van der Waals surface area contributed by atoms with Crippen LogP contribution in [0, 0.1) is 6.92 Å². The van der Waals surface area contributed by atoms with Crippen molar-refractivity contribution in [2.75, 3.05) is 5.32 Å². The largest absolute Gasteiger partial charge is 0.352 e. The van der Waals surface area contributed by atoms with Gasteiger partial charge < -0.3 is 10.6 Å². The number of rotatable bonds is 6. The zero-order chi connectivity index (χ0) is 15.9. The first kappa shape index (κ1) is 15.9. The van der Waals surface area contributed by atoms with E-state index in [-0.39, 0.29) is 11.9 Å². The minimum absolute atomic E-state index is 0.213. The first-order valence-electron chi connectivity index (χ1n) is 7.37. The molecule has 2 aromatic heterocycles. The molecule has 0 bridgehead atoms. The predicted octanol–water partition coefficient (Wildman–Crippen LogP) is 2.32. The molecule has 1 amide bonds. The zero-order valence-corrected chi connectivity index (χ0v) is 13.1. The molecular formula is C16H21N5O. The average Bonchev–Trinajstić information content (AvgIpc) is 2.52. The molecule has 6 nitrogen and oxygen atoms in total. The van der Waals surface area contributed by atoms with E-state index in [0.717, 1.165) is 17.7 Å². The molecule has 1 unspecified atom stereocenters. The van der Waals surface area contributed by atoms with Crippen LogP contribution >= 0.6 is 0 Å². The molecule has 0 aliphatic carbocycles. The van der Waals surface area contributed by atoms with Crippen LogP contribution in [0.5, 0.6) is 0 Å². The number of hydrogen-bond acceptors (Lipinski definition) is 5. The Morgan fingerprint density at radius 1 is 1.27 bits per heavy atom. The van der Waals surface area contributed by atoms with Crippen LogP contribution in [0.2, 0.25) is 0 Å². The van der Waals surface area contributed by atoms with E-state index in [1.807, 2.05) is 19.1 Å². The molecule has 0 saturated carbocycles. The summed E-state index contributed by atoms with van der Waals surface area (Å²) in [5.41, 5.74) is 2.12. The number of pyridine rings is 1. The fourth-order valence-electron chi connectivity index (χ4n) is 1.85. The highest BCUT2D eigenvalue weighted by molar-refractivity contribution is 5.92. The lowest BCUT2D eigenvalue weighted by molar-refractivity contribution is 0.0945. The second kappa shape index (κ2) is 7.49. The fraction of sp³-hybridized carbons (Fsp3) is 0.375. The van der Waals surface area contributed by atoms with Gasteiger partial charge in [0.25, 0.3) is 5.91 Å². The van der Waals surface area contributed by atoms with Crippen molar-refractivity contribution in [1.29, 1.82) is 0 Å². The number of carbonyl (C=O) groups excluding carboxylic acids is 1. The molecule has 0 aromatic carbocycles. The molecule has 2 rings (SSSR count). The lowest BCUT2D eigenvalue weighted by atomic mass is 10.2. The number of anilines is 1. The Balaban J connectivity index is 2.05. The Bertz CT molecular complexity index is 630. The van der Waals surface area contributed by atoms with Crippen molar-refractivity contribution in [3.63, 3.8) is 0 Å². The van der Waals surface area contributed by atoms with Gasteiger partial charge in [-0.25, -0.2) is 9.97 Å². The molecule has 0 aliphatic heterocycles. The summed E-state index contributed by atoms with van der Waals surface area (Å²) in [5, 5.41) is 6.04. The van der Waals surface area contributed by atoms with Gasteiger partial charge in [-0.15, -0.1) is 0 Å². The van der Waals surface area contributed by atoms with E-state index in [1.54, 1.807) is 18.5 Å². The van der Waals surface area contributed by atoms with E-state index in [4.69, 9.17) is 0 Å². The quantitative estimate of drug-likeness (QED) is 0.855. The van der Waals surface area contributed by atoms with Crippen LogP contribution in [-0.4, -0.2) is 26.9 Å². The van der Waals surface area contributed by atoms with Gasteiger partial charge >= 0.3 is 0 Å². The second-order valence-electron chi connectivity index (χ2n) is 5.21. The summed E-state index contributed by atoms with van der Waals surface area (Å²) in [6.45, 7) is 6.42. The maximum absolute atomic E-state index is 12.2. The van der Waals surface area contributed by atoms with E-state index in [9.17, 15) is 4.79 Å². The molecule has 2 N–H and O–H groups in total. The van der Waals surface area contributed by atoms with Crippen molar-refractivity contribution in [3.8, 4) is 0 Å². The van der Waals surface area contributed by atoms with Gasteiger partial charge in [0.15, 0.2) is 0 Å². The van der Waals surface area contributed by atoms with Crippen LogP contribution in [-0.2, 0) is 6.54 Å². The molecule has 0 spiro atoms. The summed E-state index contributed by atoms with van der Waals surface area (Å²) < 4.78 is 0. The van der Waals surface area contributed by atoms with Gasteiger partial charge in [0.05, 0.1) is 0 Å². The highest BCUT2D eigenvalue weighted by Crippen LogP contribution is 2.08. The number of nitrogens with zero attached hydrogens (tertiary/aromatic N) is 3. The smallest absolute Gasteiger partial charge is 0.270 e. The van der Waals surface area contributed by atoms with E-state index in [2.05, 4.69) is 39.4 Å². The maximum atomic E-state index is 12.2. The van der Waals surface area contributed by atoms with Crippen LogP contribution in [0.4, 0.5) is 5.95 Å². The van der Waals surface area contributed by atoms with Crippen molar-refractivity contribution in [2.24, 2.45) is 0 Å². The minimum Gasteiger partial charge on any atom is -0.352 e. The van der Waals surface area contributed by atoms with E-state index in [0.29, 0.717) is 18.2 Å². The second-order valence-corrected chi connectivity index (χ2v) is 5.21. The molecule has 0 radical (unpaired) electrons. The molecule has 6 heteroatoms. The highest BCUT2D eigenvalue weighted by Gasteiger charge is 2.11. The molecular weight excluding hydrogens is 278 g/mol. The molecule has 1 atom stereocenters. The number of nitrogens with one attached hydrogen (secondary N) is 2. The minimum atomic E-state index is -0.213. The molecule has 0 aliphatic rings. The van der Waals surface area contributed by atoms with Gasteiger partial charge in [-0.2, -0.15) is 0 Å². The first-order valence-corrected chi connectivity index (χ1v) is 7.37. The third kappa shape index (κ3) is 4.51. The molecule has 0 saturated heterocycles. The van der Waals surface area contributed by atoms with E-state index < -0.39 is 0 Å². The third-order valence-electron chi connectivity index (χ3n) is 3.28. The molecule has 2 aromatic rings. The number of amides is 1. The lowest BCUT2D eigenvalue weighted by Gasteiger charge is -2.12. The topological polar surface area (TPSA) is 79.8 Å². The van der Waals surface area contributed by atoms with Crippen LogP contribution < -0.4 is 10.6 Å². The van der Waals surface area contributed by atoms with Crippen molar-refractivity contribution in [3.05, 3.63) is 47.5 Å². The number of aromatic nitrogens is 3. The van der Waals surface area contributed by atoms with Crippen molar-refractivity contribution < 1.29 is 4.79 Å². The Kier molecular flexibility index (Phi) is 5.41. The SMILES string of the molecule is CCC(C)Nc1nc(C)cc(C(=O)NCc2ccncc2)n1. The van der Waals surface area contributed by atoms with Crippen molar-refractivity contribution in [1.82, 2.24) is 20.3 Å². The van der Waals surface area contributed by atoms with Crippen LogP contribution in [0.15, 0.2) is 30.6 Å². The van der Waals surface area contributed by atoms with Crippen LogP contribution in [0.3, 0.4) is 0 Å². The predicted molar refractivity (Wildman–Crippen MR) is 85.6 cm³/mol. The summed E-state index contributed by atoms with van der Waals surface area (Å²) in [6, 6.07) is 5.67. The van der Waals surface area contributed by atoms with E-state index >= 15 is 0 Å².